The van der Waals surface area contributed by atoms with Gasteiger partial charge in [-0.3, -0.25) is 9.59 Å². The van der Waals surface area contributed by atoms with E-state index in [0.29, 0.717) is 18.8 Å². The van der Waals surface area contributed by atoms with Crippen LogP contribution in [0.5, 0.6) is 0 Å². The van der Waals surface area contributed by atoms with Gasteiger partial charge in [-0.25, -0.2) is 0 Å². The molecule has 0 spiro atoms. The van der Waals surface area contributed by atoms with Gasteiger partial charge in [0.15, 0.2) is 0 Å². The monoisotopic (exact) mass is 182 g/mol. The van der Waals surface area contributed by atoms with Crippen LogP contribution in [0, 0.1) is 11.8 Å². The van der Waals surface area contributed by atoms with Gasteiger partial charge in [0.25, 0.3) is 0 Å². The molecule has 2 heteroatoms. The average Bonchev–Trinajstić information content (AvgIpc) is 2.03. The molecular formula is C11H18O2. The summed E-state index contributed by atoms with van der Waals surface area (Å²) in [6.45, 7) is 4.04. The summed E-state index contributed by atoms with van der Waals surface area (Å²) >= 11 is 0. The van der Waals surface area contributed by atoms with Crippen LogP contribution in [0.2, 0.25) is 0 Å². The van der Waals surface area contributed by atoms with E-state index in [2.05, 4.69) is 0 Å². The topological polar surface area (TPSA) is 34.1 Å². The first-order valence-corrected chi connectivity index (χ1v) is 5.16. The Kier molecular flexibility index (Phi) is 3.64. The Morgan fingerprint density at radius 1 is 1.46 bits per heavy atom. The summed E-state index contributed by atoms with van der Waals surface area (Å²) in [7, 11) is 0. The highest BCUT2D eigenvalue weighted by molar-refractivity contribution is 6.02. The largest absolute Gasteiger partial charge is 0.299 e. The SMILES string of the molecule is CC(C)CC(=O)C1CCCCC1=O. The van der Waals surface area contributed by atoms with Crippen LogP contribution in [0.15, 0.2) is 0 Å². The van der Waals surface area contributed by atoms with Crippen molar-refractivity contribution in [3.05, 3.63) is 0 Å². The maximum Gasteiger partial charge on any atom is 0.143 e. The van der Waals surface area contributed by atoms with E-state index in [1.807, 2.05) is 13.8 Å². The molecule has 0 amide bonds. The maximum atomic E-state index is 11.6. The molecule has 0 N–H and O–H groups in total. The molecule has 1 unspecified atom stereocenters. The van der Waals surface area contributed by atoms with Gasteiger partial charge in [-0.1, -0.05) is 20.3 Å². The third kappa shape index (κ3) is 2.94. The molecule has 1 aliphatic carbocycles. The number of Topliss-reactive ketones (excluding diaryl/α,β-unsaturated/α-hetero) is 2. The summed E-state index contributed by atoms with van der Waals surface area (Å²) in [4.78, 5) is 23.0. The van der Waals surface area contributed by atoms with Crippen molar-refractivity contribution in [3.63, 3.8) is 0 Å². The minimum atomic E-state index is -0.254. The van der Waals surface area contributed by atoms with Crippen molar-refractivity contribution >= 4 is 11.6 Å². The van der Waals surface area contributed by atoms with Gasteiger partial charge in [-0.2, -0.15) is 0 Å². The third-order valence-corrected chi connectivity index (χ3v) is 2.55. The van der Waals surface area contributed by atoms with E-state index in [-0.39, 0.29) is 17.5 Å². The molecule has 0 bridgehead atoms. The van der Waals surface area contributed by atoms with Gasteiger partial charge in [0.2, 0.25) is 0 Å². The van der Waals surface area contributed by atoms with Crippen LogP contribution in [0.4, 0.5) is 0 Å². The number of carbonyl (C=O) groups is 2. The third-order valence-electron chi connectivity index (χ3n) is 2.55. The minimum Gasteiger partial charge on any atom is -0.299 e. The second kappa shape index (κ2) is 4.54. The number of rotatable bonds is 3. The van der Waals surface area contributed by atoms with Crippen molar-refractivity contribution < 1.29 is 9.59 Å². The molecular weight excluding hydrogens is 164 g/mol. The first kappa shape index (κ1) is 10.4. The molecule has 0 aromatic heterocycles. The van der Waals surface area contributed by atoms with E-state index >= 15 is 0 Å². The van der Waals surface area contributed by atoms with Crippen LogP contribution in [-0.4, -0.2) is 11.6 Å². The molecule has 1 saturated carbocycles. The molecule has 1 aliphatic rings. The van der Waals surface area contributed by atoms with Gasteiger partial charge in [-0.15, -0.1) is 0 Å². The predicted octanol–water partition coefficient (Wildman–Crippen LogP) is 2.36. The molecule has 0 heterocycles. The van der Waals surface area contributed by atoms with Crippen molar-refractivity contribution in [1.29, 1.82) is 0 Å². The lowest BCUT2D eigenvalue weighted by Gasteiger charge is -2.19. The molecule has 0 saturated heterocycles. The van der Waals surface area contributed by atoms with Crippen LogP contribution in [0.3, 0.4) is 0 Å². The molecule has 1 fully saturated rings. The van der Waals surface area contributed by atoms with Gasteiger partial charge in [0.05, 0.1) is 5.92 Å². The van der Waals surface area contributed by atoms with E-state index < -0.39 is 0 Å². The lowest BCUT2D eigenvalue weighted by molar-refractivity contribution is -0.134. The van der Waals surface area contributed by atoms with Crippen LogP contribution < -0.4 is 0 Å². The van der Waals surface area contributed by atoms with Gasteiger partial charge in [0, 0.05) is 12.8 Å². The summed E-state index contributed by atoms with van der Waals surface area (Å²) in [5.74, 6) is 0.468. The maximum absolute atomic E-state index is 11.6. The van der Waals surface area contributed by atoms with E-state index in [9.17, 15) is 9.59 Å². The fourth-order valence-electron chi connectivity index (χ4n) is 1.87. The molecule has 74 valence electrons. The quantitative estimate of drug-likeness (QED) is 0.628. The zero-order valence-electron chi connectivity index (χ0n) is 8.51. The molecule has 1 rings (SSSR count). The Labute approximate surface area is 79.7 Å². The van der Waals surface area contributed by atoms with Crippen molar-refractivity contribution in [3.8, 4) is 0 Å². The van der Waals surface area contributed by atoms with Gasteiger partial charge >= 0.3 is 0 Å². The first-order valence-electron chi connectivity index (χ1n) is 5.16. The number of ketones is 2. The average molecular weight is 182 g/mol. The Balaban J connectivity index is 2.49. The van der Waals surface area contributed by atoms with Crippen LogP contribution in [0.1, 0.15) is 46.0 Å². The molecule has 2 nitrogen and oxygen atoms in total. The molecule has 0 aromatic rings. The molecule has 0 radical (unpaired) electrons. The highest BCUT2D eigenvalue weighted by Crippen LogP contribution is 2.23. The van der Waals surface area contributed by atoms with E-state index in [0.717, 1.165) is 19.3 Å². The second-order valence-corrected chi connectivity index (χ2v) is 4.33. The van der Waals surface area contributed by atoms with Crippen LogP contribution >= 0.6 is 0 Å². The predicted molar refractivity (Wildman–Crippen MR) is 51.4 cm³/mol. The fourth-order valence-corrected chi connectivity index (χ4v) is 1.87. The Hall–Kier alpha value is -0.660. The first-order chi connectivity index (χ1) is 6.11. The standard InChI is InChI=1S/C11H18O2/c1-8(2)7-11(13)9-5-3-4-6-10(9)12/h8-9H,3-7H2,1-2H3. The molecule has 0 aromatic carbocycles. The van der Waals surface area contributed by atoms with Crippen LogP contribution in [-0.2, 0) is 9.59 Å². The Morgan fingerprint density at radius 2 is 2.15 bits per heavy atom. The Morgan fingerprint density at radius 3 is 2.69 bits per heavy atom. The van der Waals surface area contributed by atoms with Gasteiger partial charge < -0.3 is 0 Å². The smallest absolute Gasteiger partial charge is 0.143 e. The van der Waals surface area contributed by atoms with Crippen molar-refractivity contribution in [2.24, 2.45) is 11.8 Å². The van der Waals surface area contributed by atoms with Crippen molar-refractivity contribution in [2.75, 3.05) is 0 Å². The summed E-state index contributed by atoms with van der Waals surface area (Å²) < 4.78 is 0. The van der Waals surface area contributed by atoms with Crippen molar-refractivity contribution in [1.82, 2.24) is 0 Å². The lowest BCUT2D eigenvalue weighted by atomic mass is 9.82. The normalized spacial score (nSPS) is 23.6. The van der Waals surface area contributed by atoms with Crippen LogP contribution in [0.25, 0.3) is 0 Å². The van der Waals surface area contributed by atoms with E-state index in [1.165, 1.54) is 0 Å². The molecule has 0 aliphatic heterocycles. The zero-order chi connectivity index (χ0) is 9.84. The minimum absolute atomic E-state index is 0.166. The number of hydrogen-bond acceptors (Lipinski definition) is 2. The highest BCUT2D eigenvalue weighted by Gasteiger charge is 2.28. The van der Waals surface area contributed by atoms with Gasteiger partial charge in [-0.05, 0) is 18.8 Å². The summed E-state index contributed by atoms with van der Waals surface area (Å²) in [6, 6.07) is 0. The zero-order valence-corrected chi connectivity index (χ0v) is 8.51. The second-order valence-electron chi connectivity index (χ2n) is 4.33. The summed E-state index contributed by atoms with van der Waals surface area (Å²) in [5, 5.41) is 0. The summed E-state index contributed by atoms with van der Waals surface area (Å²) in [5.41, 5.74) is 0. The van der Waals surface area contributed by atoms with Crippen molar-refractivity contribution in [2.45, 2.75) is 46.0 Å². The van der Waals surface area contributed by atoms with Gasteiger partial charge in [0.1, 0.15) is 11.6 Å². The Bertz CT molecular complexity index is 206. The summed E-state index contributed by atoms with van der Waals surface area (Å²) in [6.07, 6.45) is 4.00. The van der Waals surface area contributed by atoms with E-state index in [4.69, 9.17) is 0 Å². The van der Waals surface area contributed by atoms with E-state index in [1.54, 1.807) is 0 Å². The fraction of sp³-hybridized carbons (Fsp3) is 0.818. The number of hydrogen-bond donors (Lipinski definition) is 0. The molecule has 13 heavy (non-hydrogen) atoms. The highest BCUT2D eigenvalue weighted by atomic mass is 16.1. The lowest BCUT2D eigenvalue weighted by Crippen LogP contribution is -2.27. The molecule has 1 atom stereocenters. The number of carbonyl (C=O) groups excluding carboxylic acids is 2.